The van der Waals surface area contributed by atoms with Gasteiger partial charge in [0.05, 0.1) is 33.1 Å². The van der Waals surface area contributed by atoms with Crippen molar-refractivity contribution >= 4 is 35.2 Å². The number of ether oxygens (including phenoxy) is 4. The molecule has 6 rings (SSSR count). The van der Waals surface area contributed by atoms with Gasteiger partial charge in [-0.2, -0.15) is 0 Å². The summed E-state index contributed by atoms with van der Waals surface area (Å²) in [7, 11) is 6.92. The Labute approximate surface area is 309 Å². The maximum Gasteiger partial charge on any atom is 0.325 e. The fraction of sp³-hybridized carbons (Fsp3) is 0.459. The fourth-order valence-corrected chi connectivity index (χ4v) is 5.98. The van der Waals surface area contributed by atoms with E-state index >= 15 is 0 Å². The molecule has 0 N–H and O–H groups in total. The van der Waals surface area contributed by atoms with Gasteiger partial charge in [-0.15, -0.1) is 0 Å². The molecule has 0 fully saturated rings. The van der Waals surface area contributed by atoms with Crippen molar-refractivity contribution < 1.29 is 28.5 Å². The third kappa shape index (κ3) is 10.9. The Morgan fingerprint density at radius 3 is 1.77 bits per heavy atom. The summed E-state index contributed by atoms with van der Waals surface area (Å²) in [5.74, 6) is 3.10. The van der Waals surface area contributed by atoms with Crippen molar-refractivity contribution in [3.05, 3.63) is 70.2 Å². The number of anilines is 2. The topological polar surface area (TPSA) is 155 Å². The summed E-state index contributed by atoms with van der Waals surface area (Å²) in [4.78, 5) is 53.1. The van der Waals surface area contributed by atoms with Crippen LogP contribution in [0, 0.1) is 6.92 Å². The summed E-state index contributed by atoms with van der Waals surface area (Å²) in [6, 6.07) is 7.31. The molecule has 0 radical (unpaired) electrons. The molecule has 4 heterocycles. The highest BCUT2D eigenvalue weighted by atomic mass is 35.5. The second-order valence-corrected chi connectivity index (χ2v) is 12.3. The Balaban J connectivity index is 0.000000194. The fourth-order valence-electron chi connectivity index (χ4n) is 5.80. The highest BCUT2D eigenvalue weighted by Gasteiger charge is 2.24. The van der Waals surface area contributed by atoms with E-state index in [4.69, 9.17) is 35.5 Å². The SMILES string of the molecule is CCOC(=O)CN(C)c1nc(-c2cc(OC)ccn2)nc2c1CCC2.CCOC(=O)CN(C)c1nc(Cl)nc2c1CCC2.COc1ccnc(C)c1. The maximum absolute atomic E-state index is 11.8. The van der Waals surface area contributed by atoms with Gasteiger partial charge >= 0.3 is 11.9 Å². The highest BCUT2D eigenvalue weighted by Crippen LogP contribution is 2.31. The van der Waals surface area contributed by atoms with E-state index in [0.29, 0.717) is 30.5 Å². The summed E-state index contributed by atoms with van der Waals surface area (Å²) in [5.41, 5.74) is 5.87. The van der Waals surface area contributed by atoms with Crippen molar-refractivity contribution in [3.8, 4) is 23.0 Å². The van der Waals surface area contributed by atoms with Crippen molar-refractivity contribution in [2.45, 2.75) is 59.3 Å². The first-order valence-corrected chi connectivity index (χ1v) is 17.6. The summed E-state index contributed by atoms with van der Waals surface area (Å²) in [6.07, 6.45) is 9.20. The average Bonchev–Trinajstić information content (AvgIpc) is 3.81. The smallest absolute Gasteiger partial charge is 0.325 e. The highest BCUT2D eigenvalue weighted by molar-refractivity contribution is 6.28. The number of nitrogens with zero attached hydrogens (tertiary/aromatic N) is 8. The normalized spacial score (nSPS) is 12.2. The van der Waals surface area contributed by atoms with Crippen LogP contribution in [0.4, 0.5) is 11.6 Å². The van der Waals surface area contributed by atoms with Gasteiger partial charge in [-0.3, -0.25) is 19.6 Å². The molecule has 0 aliphatic heterocycles. The lowest BCUT2D eigenvalue weighted by Crippen LogP contribution is -2.29. The number of halogens is 1. The number of hydrogen-bond donors (Lipinski definition) is 0. The molecule has 52 heavy (non-hydrogen) atoms. The van der Waals surface area contributed by atoms with Gasteiger partial charge in [-0.1, -0.05) is 0 Å². The van der Waals surface area contributed by atoms with Crippen molar-refractivity contribution in [1.29, 1.82) is 0 Å². The first-order chi connectivity index (χ1) is 25.1. The Morgan fingerprint density at radius 1 is 0.731 bits per heavy atom. The molecule has 2 aliphatic carbocycles. The second kappa shape index (κ2) is 19.5. The van der Waals surface area contributed by atoms with Gasteiger partial charge < -0.3 is 28.7 Å². The van der Waals surface area contributed by atoms with Crippen LogP contribution in [0.15, 0.2) is 36.7 Å². The molecule has 0 spiro atoms. The summed E-state index contributed by atoms with van der Waals surface area (Å²) < 4.78 is 20.2. The van der Waals surface area contributed by atoms with E-state index in [2.05, 4.69) is 24.9 Å². The van der Waals surface area contributed by atoms with E-state index in [1.807, 2.05) is 44.1 Å². The molecule has 4 aromatic rings. The summed E-state index contributed by atoms with van der Waals surface area (Å²) in [6.45, 7) is 6.60. The molecule has 0 aromatic carbocycles. The zero-order chi connectivity index (χ0) is 37.6. The number of methoxy groups -OCH3 is 2. The number of carbonyl (C=O) groups is 2. The second-order valence-electron chi connectivity index (χ2n) is 12.0. The predicted octanol–water partition coefficient (Wildman–Crippen LogP) is 5.05. The third-order valence-corrected chi connectivity index (χ3v) is 8.33. The van der Waals surface area contributed by atoms with Gasteiger partial charge in [0.25, 0.3) is 0 Å². The number of likely N-dealkylation sites (N-methyl/N-ethyl adjacent to an activating group) is 2. The molecule has 0 unspecified atom stereocenters. The monoisotopic (exact) mass is 734 g/mol. The zero-order valence-electron chi connectivity index (χ0n) is 30.9. The van der Waals surface area contributed by atoms with E-state index in [1.165, 1.54) is 0 Å². The molecule has 2 aliphatic rings. The molecule has 278 valence electrons. The van der Waals surface area contributed by atoms with Crippen LogP contribution >= 0.6 is 11.6 Å². The molecule has 15 heteroatoms. The number of fused-ring (bicyclic) bond motifs is 2. The first-order valence-electron chi connectivity index (χ1n) is 17.2. The van der Waals surface area contributed by atoms with E-state index in [0.717, 1.165) is 84.1 Å². The molecule has 14 nitrogen and oxygen atoms in total. The lowest BCUT2D eigenvalue weighted by molar-refractivity contribution is -0.142. The minimum atomic E-state index is -0.267. The van der Waals surface area contributed by atoms with Crippen LogP contribution in [0.25, 0.3) is 11.5 Å². The number of carbonyl (C=O) groups excluding carboxylic acids is 2. The zero-order valence-corrected chi connectivity index (χ0v) is 31.7. The van der Waals surface area contributed by atoms with Gasteiger partial charge in [0.1, 0.15) is 41.9 Å². The minimum absolute atomic E-state index is 0.155. The summed E-state index contributed by atoms with van der Waals surface area (Å²) >= 11 is 5.91. The standard InChI is InChI=1S/C18H22N4O3.C12H16ClN3O2.C7H9NO/c1-4-25-16(23)11-22(2)18-13-6-5-7-14(13)20-17(21-18)15-10-12(24-3)8-9-19-15;1-3-18-10(17)7-16(2)11-8-5-4-6-9(8)14-12(13)15-11;1-6-5-7(9-2)3-4-8-6/h8-10H,4-7,11H2,1-3H3;3-7H2,1-2H3;3-5H,1-2H3. The maximum atomic E-state index is 11.8. The Bertz CT molecular complexity index is 1830. The number of esters is 2. The van der Waals surface area contributed by atoms with Crippen LogP contribution in [0.1, 0.15) is 54.9 Å². The molecule has 0 saturated heterocycles. The van der Waals surface area contributed by atoms with Gasteiger partial charge in [-0.25, -0.2) is 19.9 Å². The number of pyridine rings is 2. The Hall–Kier alpha value is -5.11. The van der Waals surface area contributed by atoms with Crippen molar-refractivity contribution in [2.24, 2.45) is 0 Å². The van der Waals surface area contributed by atoms with Crippen LogP contribution in [-0.2, 0) is 44.7 Å². The van der Waals surface area contributed by atoms with Crippen LogP contribution in [0.5, 0.6) is 11.5 Å². The minimum Gasteiger partial charge on any atom is -0.497 e. The van der Waals surface area contributed by atoms with Gasteiger partial charge in [-0.05, 0) is 83.0 Å². The summed E-state index contributed by atoms with van der Waals surface area (Å²) in [5, 5.41) is 0.237. The molecular formula is C37H47ClN8O6. The number of rotatable bonds is 11. The first kappa shape index (κ1) is 39.7. The predicted molar refractivity (Wildman–Crippen MR) is 198 cm³/mol. The lowest BCUT2D eigenvalue weighted by atomic mass is 10.2. The van der Waals surface area contributed by atoms with E-state index in [-0.39, 0.29) is 30.3 Å². The van der Waals surface area contributed by atoms with Crippen LogP contribution in [0.3, 0.4) is 0 Å². The van der Waals surface area contributed by atoms with Crippen molar-refractivity contribution in [3.63, 3.8) is 0 Å². The Kier molecular flexibility index (Phi) is 14.9. The third-order valence-electron chi connectivity index (χ3n) is 8.16. The molecule has 0 saturated carbocycles. The molecule has 0 atom stereocenters. The van der Waals surface area contributed by atoms with Crippen molar-refractivity contribution in [2.75, 3.05) is 64.4 Å². The quantitative estimate of drug-likeness (QED) is 0.149. The number of aryl methyl sites for hydroxylation is 3. The van der Waals surface area contributed by atoms with Crippen LogP contribution in [-0.4, -0.2) is 96.5 Å². The Morgan fingerprint density at radius 2 is 1.25 bits per heavy atom. The van der Waals surface area contributed by atoms with E-state index in [9.17, 15) is 9.59 Å². The van der Waals surface area contributed by atoms with Crippen LogP contribution in [0.2, 0.25) is 5.28 Å². The number of hydrogen-bond acceptors (Lipinski definition) is 14. The molecular weight excluding hydrogens is 688 g/mol. The van der Waals surface area contributed by atoms with Gasteiger partial charge in [0.2, 0.25) is 5.28 Å². The van der Waals surface area contributed by atoms with E-state index < -0.39 is 0 Å². The molecule has 4 aromatic heterocycles. The molecule has 0 amide bonds. The largest absolute Gasteiger partial charge is 0.497 e. The lowest BCUT2D eigenvalue weighted by Gasteiger charge is -2.20. The van der Waals surface area contributed by atoms with Crippen LogP contribution < -0.4 is 19.3 Å². The van der Waals surface area contributed by atoms with Gasteiger partial charge in [0.15, 0.2) is 5.82 Å². The van der Waals surface area contributed by atoms with E-state index in [1.54, 1.807) is 51.4 Å². The molecule has 0 bridgehead atoms. The van der Waals surface area contributed by atoms with Crippen molar-refractivity contribution in [1.82, 2.24) is 29.9 Å². The average molecular weight is 735 g/mol. The van der Waals surface area contributed by atoms with Gasteiger partial charge in [0, 0.05) is 61.1 Å². The number of aromatic nitrogens is 6.